The van der Waals surface area contributed by atoms with Gasteiger partial charge in [0.25, 0.3) is 0 Å². The molecule has 184 valence electrons. The number of rotatable bonds is 1. The maximum atomic E-state index is 12.0. The molecule has 0 saturated heterocycles. The molecule has 0 aromatic heterocycles. The lowest BCUT2D eigenvalue weighted by Crippen LogP contribution is -2.17. The summed E-state index contributed by atoms with van der Waals surface area (Å²) < 4.78 is -0.437. The van der Waals surface area contributed by atoms with Gasteiger partial charge in [0.2, 0.25) is 4.69 Å². The van der Waals surface area contributed by atoms with E-state index in [0.717, 1.165) is 24.8 Å². The van der Waals surface area contributed by atoms with Crippen LogP contribution in [0.2, 0.25) is 0 Å². The van der Waals surface area contributed by atoms with Gasteiger partial charge in [-0.1, -0.05) is 80.9 Å². The molecule has 1 atom stereocenters. The average Bonchev–Trinajstić information content (AvgIpc) is 3.27. The number of carbonyl (C=O) groups is 2. The Balaban J connectivity index is 0.000000157. The molecule has 34 heavy (non-hydrogen) atoms. The Kier molecular flexibility index (Phi) is 8.05. The van der Waals surface area contributed by atoms with Crippen LogP contribution in [0.4, 0.5) is 0 Å². The van der Waals surface area contributed by atoms with E-state index in [0.29, 0.717) is 16.6 Å². The molecule has 3 aliphatic rings. The van der Waals surface area contributed by atoms with Crippen LogP contribution < -0.4 is 0 Å². The second-order valence-corrected chi connectivity index (χ2v) is 15.0. The van der Waals surface area contributed by atoms with Crippen LogP contribution in [0.15, 0.2) is 36.4 Å². The highest BCUT2D eigenvalue weighted by molar-refractivity contribution is 9.20. The number of alkyl halides is 1. The SMILES string of the molecule is CC(C)(Br)C(=O)Br.CC1(C)Cc2ccccc2C1.CC1Cc2cc3c(cc2C1=O)CC(C)(C)C3. The maximum absolute atomic E-state index is 12.0. The first-order chi connectivity index (χ1) is 15.6. The molecular formula is C30H38Br2O2. The Morgan fingerprint density at radius 3 is 1.71 bits per heavy atom. The lowest BCUT2D eigenvalue weighted by atomic mass is 9.90. The molecule has 2 aromatic carbocycles. The predicted octanol–water partition coefficient (Wildman–Crippen LogP) is 8.08. The van der Waals surface area contributed by atoms with Crippen LogP contribution in [0.1, 0.15) is 86.6 Å². The van der Waals surface area contributed by atoms with Crippen LogP contribution >= 0.6 is 31.9 Å². The topological polar surface area (TPSA) is 34.1 Å². The first-order valence-corrected chi connectivity index (χ1v) is 13.8. The molecule has 3 aliphatic carbocycles. The molecule has 0 saturated carbocycles. The minimum absolute atomic E-state index is 0.0278. The number of Topliss-reactive ketones (excluding diaryl/α,β-unsaturated/α-hetero) is 1. The van der Waals surface area contributed by atoms with Gasteiger partial charge in [0, 0.05) is 11.5 Å². The molecule has 4 heteroatoms. The normalized spacial score (nSPS) is 20.9. The van der Waals surface area contributed by atoms with Crippen molar-refractivity contribution in [1.82, 2.24) is 0 Å². The third kappa shape index (κ3) is 6.69. The highest BCUT2D eigenvalue weighted by Crippen LogP contribution is 2.40. The van der Waals surface area contributed by atoms with Crippen molar-refractivity contribution in [3.05, 3.63) is 69.8 Å². The third-order valence-electron chi connectivity index (χ3n) is 6.93. The first kappa shape index (κ1) is 27.3. The van der Waals surface area contributed by atoms with Crippen LogP contribution in [0.25, 0.3) is 0 Å². The summed E-state index contributed by atoms with van der Waals surface area (Å²) in [6, 6.07) is 13.3. The van der Waals surface area contributed by atoms with E-state index < -0.39 is 4.32 Å². The molecule has 2 nitrogen and oxygen atoms in total. The highest BCUT2D eigenvalue weighted by atomic mass is 79.9. The Hall–Kier alpha value is -1.26. The molecule has 0 radical (unpaired) electrons. The fraction of sp³-hybridized carbons (Fsp3) is 0.533. The fourth-order valence-electron chi connectivity index (χ4n) is 5.25. The average molecular weight is 590 g/mol. The number of ketones is 1. The van der Waals surface area contributed by atoms with E-state index in [4.69, 9.17) is 0 Å². The summed E-state index contributed by atoms with van der Waals surface area (Å²) in [5, 5.41) is 0. The van der Waals surface area contributed by atoms with E-state index in [1.807, 2.05) is 6.92 Å². The van der Waals surface area contributed by atoms with Crippen LogP contribution in [-0.4, -0.2) is 14.8 Å². The van der Waals surface area contributed by atoms with E-state index in [-0.39, 0.29) is 10.6 Å². The molecular weight excluding hydrogens is 552 g/mol. The molecule has 0 fully saturated rings. The van der Waals surface area contributed by atoms with Gasteiger partial charge in [0.05, 0.1) is 4.32 Å². The van der Waals surface area contributed by atoms with Crippen molar-refractivity contribution in [2.45, 2.75) is 84.9 Å². The zero-order chi connectivity index (χ0) is 25.5. The van der Waals surface area contributed by atoms with Gasteiger partial charge in [-0.2, -0.15) is 0 Å². The van der Waals surface area contributed by atoms with E-state index >= 15 is 0 Å². The molecule has 5 rings (SSSR count). The summed E-state index contributed by atoms with van der Waals surface area (Å²) in [5.74, 6) is 0.549. The van der Waals surface area contributed by atoms with Gasteiger partial charge < -0.3 is 0 Å². The number of hydrogen-bond donors (Lipinski definition) is 0. The molecule has 0 amide bonds. The van der Waals surface area contributed by atoms with Crippen molar-refractivity contribution in [3.8, 4) is 0 Å². The van der Waals surface area contributed by atoms with Crippen molar-refractivity contribution in [1.29, 1.82) is 0 Å². The second kappa shape index (κ2) is 10.0. The summed E-state index contributed by atoms with van der Waals surface area (Å²) in [7, 11) is 0. The van der Waals surface area contributed by atoms with E-state index in [9.17, 15) is 9.59 Å². The zero-order valence-electron chi connectivity index (χ0n) is 21.6. The van der Waals surface area contributed by atoms with E-state index in [2.05, 4.69) is 96.0 Å². The first-order valence-electron chi connectivity index (χ1n) is 12.2. The lowest BCUT2D eigenvalue weighted by Gasteiger charge is -2.14. The van der Waals surface area contributed by atoms with Crippen LogP contribution in [0.3, 0.4) is 0 Å². The van der Waals surface area contributed by atoms with Gasteiger partial charge in [0.1, 0.15) is 0 Å². The van der Waals surface area contributed by atoms with Crippen molar-refractivity contribution in [3.63, 3.8) is 0 Å². The molecule has 0 spiro atoms. The van der Waals surface area contributed by atoms with E-state index in [1.165, 1.54) is 29.5 Å². The summed E-state index contributed by atoms with van der Waals surface area (Å²) in [5.41, 5.74) is 9.17. The number of hydrogen-bond acceptors (Lipinski definition) is 2. The monoisotopic (exact) mass is 588 g/mol. The number of carbonyl (C=O) groups excluding carboxylic acids is 2. The van der Waals surface area contributed by atoms with Crippen molar-refractivity contribution in [2.75, 3.05) is 0 Å². The minimum atomic E-state index is -0.410. The third-order valence-corrected chi connectivity index (χ3v) is 8.81. The highest BCUT2D eigenvalue weighted by Gasteiger charge is 2.33. The maximum Gasteiger partial charge on any atom is 0.213 e. The van der Waals surface area contributed by atoms with Gasteiger partial charge in [-0.3, -0.25) is 9.59 Å². The largest absolute Gasteiger partial charge is 0.294 e. The molecule has 1 unspecified atom stereocenters. The van der Waals surface area contributed by atoms with Gasteiger partial charge >= 0.3 is 0 Å². The number of benzene rings is 2. The van der Waals surface area contributed by atoms with Crippen molar-refractivity contribution in [2.24, 2.45) is 16.7 Å². The van der Waals surface area contributed by atoms with Crippen molar-refractivity contribution >= 4 is 42.3 Å². The second-order valence-electron chi connectivity index (χ2n) is 12.3. The zero-order valence-corrected chi connectivity index (χ0v) is 24.8. The molecule has 0 N–H and O–H groups in total. The Bertz CT molecular complexity index is 1060. The molecule has 0 aliphatic heterocycles. The van der Waals surface area contributed by atoms with Gasteiger partial charge in [-0.15, -0.1) is 0 Å². The Labute approximate surface area is 222 Å². The molecule has 2 aromatic rings. The van der Waals surface area contributed by atoms with E-state index in [1.54, 1.807) is 25.0 Å². The van der Waals surface area contributed by atoms with Gasteiger partial charge in [-0.25, -0.2) is 0 Å². The lowest BCUT2D eigenvalue weighted by molar-refractivity contribution is -0.111. The summed E-state index contributed by atoms with van der Waals surface area (Å²) >= 11 is 5.96. The molecule has 0 heterocycles. The summed E-state index contributed by atoms with van der Waals surface area (Å²) in [6.07, 6.45) is 5.74. The predicted molar refractivity (Wildman–Crippen MR) is 149 cm³/mol. The van der Waals surface area contributed by atoms with Gasteiger partial charge in [0.15, 0.2) is 5.78 Å². The molecule has 0 bridgehead atoms. The quantitative estimate of drug-likeness (QED) is 0.249. The van der Waals surface area contributed by atoms with Gasteiger partial charge in [-0.05, 0) is 107 Å². The van der Waals surface area contributed by atoms with Crippen LogP contribution in [0.5, 0.6) is 0 Å². The standard InChI is InChI=1S/C15H18O.C11H14.C4H6Br2O/c1-9-4-10-5-11-7-15(2,3)8-12(11)6-13(10)14(9)16;1-11(2)7-9-5-3-4-6-10(9)8-11;1-4(2,6)3(5)7/h5-6,9H,4,7-8H2,1-3H3;3-6H,7-8H2,1-2H3;1-2H3. The Morgan fingerprint density at radius 2 is 1.26 bits per heavy atom. The number of fused-ring (bicyclic) bond motifs is 3. The van der Waals surface area contributed by atoms with Crippen molar-refractivity contribution < 1.29 is 9.59 Å². The van der Waals surface area contributed by atoms with Crippen LogP contribution in [-0.2, 0) is 36.9 Å². The minimum Gasteiger partial charge on any atom is -0.294 e. The summed E-state index contributed by atoms with van der Waals surface area (Å²) in [6.45, 7) is 14.9. The van der Waals surface area contributed by atoms with Crippen LogP contribution in [0, 0.1) is 16.7 Å². The summed E-state index contributed by atoms with van der Waals surface area (Å²) in [4.78, 5) is 22.3. The fourth-order valence-corrected chi connectivity index (χ4v) is 5.25. The Morgan fingerprint density at radius 1 is 0.853 bits per heavy atom. The number of halogens is 2. The smallest absolute Gasteiger partial charge is 0.213 e.